The van der Waals surface area contributed by atoms with Crippen LogP contribution in [0.2, 0.25) is 0 Å². The average Bonchev–Trinajstić information content (AvgIpc) is 3.09. The van der Waals surface area contributed by atoms with E-state index in [1.165, 1.54) is 12.1 Å². The highest BCUT2D eigenvalue weighted by atomic mass is 16.4. The summed E-state index contributed by atoms with van der Waals surface area (Å²) in [7, 11) is 0. The first-order valence-electron chi connectivity index (χ1n) is 10.3. The van der Waals surface area contributed by atoms with Gasteiger partial charge in [-0.2, -0.15) is 5.26 Å². The van der Waals surface area contributed by atoms with Crippen molar-refractivity contribution in [3.63, 3.8) is 0 Å². The summed E-state index contributed by atoms with van der Waals surface area (Å²) in [4.78, 5) is 23.8. The van der Waals surface area contributed by atoms with Crippen LogP contribution in [0.3, 0.4) is 0 Å². The molecule has 0 saturated heterocycles. The Balaban J connectivity index is 1.62. The summed E-state index contributed by atoms with van der Waals surface area (Å²) in [5.74, 6) is -1.72. The van der Waals surface area contributed by atoms with E-state index in [1.54, 1.807) is 24.3 Å². The number of carbonyl (C=O) groups excluding carboxylic acids is 2. The van der Waals surface area contributed by atoms with E-state index >= 15 is 0 Å². The molecule has 0 saturated carbocycles. The predicted octanol–water partition coefficient (Wildman–Crippen LogP) is 4.16. The van der Waals surface area contributed by atoms with Gasteiger partial charge < -0.3 is 19.8 Å². The zero-order chi connectivity index (χ0) is 23.5. The molecule has 0 unspecified atom stereocenters. The van der Waals surface area contributed by atoms with Crippen LogP contribution in [-0.2, 0) is 4.79 Å². The fourth-order valence-corrected chi connectivity index (χ4v) is 3.85. The van der Waals surface area contributed by atoms with Gasteiger partial charge in [0, 0.05) is 22.8 Å². The number of nitrogens with one attached hydrogen (secondary N) is 1. The van der Waals surface area contributed by atoms with Crippen molar-refractivity contribution in [1.29, 1.82) is 5.26 Å². The van der Waals surface area contributed by atoms with E-state index in [1.807, 2.05) is 66.9 Å². The highest BCUT2D eigenvalue weighted by Crippen LogP contribution is 2.24. The van der Waals surface area contributed by atoms with Crippen LogP contribution in [0, 0.1) is 25.2 Å². The van der Waals surface area contributed by atoms with E-state index in [0.717, 1.165) is 33.4 Å². The molecule has 33 heavy (non-hydrogen) atoms. The van der Waals surface area contributed by atoms with Crippen molar-refractivity contribution < 1.29 is 14.7 Å². The van der Waals surface area contributed by atoms with Crippen LogP contribution in [-0.4, -0.2) is 16.4 Å². The van der Waals surface area contributed by atoms with Gasteiger partial charge in [-0.25, -0.2) is 0 Å². The molecule has 4 aromatic rings. The molecule has 1 heterocycles. The van der Waals surface area contributed by atoms with Gasteiger partial charge in [-0.15, -0.1) is 0 Å². The lowest BCUT2D eigenvalue weighted by atomic mass is 10.1. The van der Waals surface area contributed by atoms with Crippen LogP contribution in [0.5, 0.6) is 0 Å². The van der Waals surface area contributed by atoms with E-state index in [4.69, 9.17) is 0 Å². The summed E-state index contributed by atoms with van der Waals surface area (Å²) in [6, 6.07) is 23.6. The molecule has 0 aliphatic heterocycles. The fourth-order valence-electron chi connectivity index (χ4n) is 3.85. The number of nitrogens with zero attached hydrogens (tertiary/aromatic N) is 2. The van der Waals surface area contributed by atoms with Crippen LogP contribution in [0.1, 0.15) is 27.3 Å². The maximum absolute atomic E-state index is 12.8. The summed E-state index contributed by atoms with van der Waals surface area (Å²) in [6.07, 6.45) is 1.56. The van der Waals surface area contributed by atoms with Gasteiger partial charge in [0.25, 0.3) is 5.91 Å². The minimum absolute atomic E-state index is 0.0179. The largest absolute Gasteiger partial charge is 0.545 e. The van der Waals surface area contributed by atoms with Crippen molar-refractivity contribution in [3.8, 4) is 11.8 Å². The molecule has 162 valence electrons. The zero-order valence-electron chi connectivity index (χ0n) is 18.1. The van der Waals surface area contributed by atoms with E-state index in [-0.39, 0.29) is 11.1 Å². The van der Waals surface area contributed by atoms with E-state index < -0.39 is 11.9 Å². The Kier molecular flexibility index (Phi) is 5.79. The normalized spacial score (nSPS) is 11.2. The Morgan fingerprint density at radius 2 is 1.67 bits per heavy atom. The number of carboxylic acid groups (broad SMARTS) is 1. The second kappa shape index (κ2) is 8.85. The number of carbonyl (C=O) groups is 2. The molecule has 0 fully saturated rings. The third kappa shape index (κ3) is 4.39. The number of anilines is 1. The number of hydrogen-bond donors (Lipinski definition) is 1. The van der Waals surface area contributed by atoms with Crippen molar-refractivity contribution in [2.24, 2.45) is 0 Å². The van der Waals surface area contributed by atoms with Gasteiger partial charge in [0.2, 0.25) is 0 Å². The molecule has 6 heteroatoms. The number of aromatic nitrogens is 1. The van der Waals surface area contributed by atoms with Gasteiger partial charge in [0.05, 0.1) is 5.97 Å². The second-order valence-corrected chi connectivity index (χ2v) is 7.68. The SMILES string of the molecule is Cc1cc(/C=C(/C#N)C(=O)Nc2ccc3ccccc3c2)c(C)n1-c1ccc(C(=O)[O-])cc1. The highest BCUT2D eigenvalue weighted by molar-refractivity contribution is 6.10. The molecule has 1 amide bonds. The van der Waals surface area contributed by atoms with Crippen molar-refractivity contribution >= 4 is 34.4 Å². The molecule has 4 rings (SSSR count). The van der Waals surface area contributed by atoms with E-state index in [0.29, 0.717) is 5.69 Å². The fraction of sp³-hybridized carbons (Fsp3) is 0.0741. The number of carboxylic acids is 1. The first kappa shape index (κ1) is 21.6. The van der Waals surface area contributed by atoms with Gasteiger partial charge in [-0.3, -0.25) is 4.79 Å². The average molecular weight is 434 g/mol. The van der Waals surface area contributed by atoms with Crippen LogP contribution in [0.25, 0.3) is 22.5 Å². The Morgan fingerprint density at radius 1 is 0.970 bits per heavy atom. The topological polar surface area (TPSA) is 98.0 Å². The molecule has 0 aliphatic carbocycles. The summed E-state index contributed by atoms with van der Waals surface area (Å²) < 4.78 is 1.93. The van der Waals surface area contributed by atoms with Crippen molar-refractivity contribution in [1.82, 2.24) is 4.57 Å². The van der Waals surface area contributed by atoms with Crippen molar-refractivity contribution in [2.75, 3.05) is 5.32 Å². The minimum Gasteiger partial charge on any atom is -0.545 e. The molecule has 0 bridgehead atoms. The van der Waals surface area contributed by atoms with Gasteiger partial charge in [0.15, 0.2) is 0 Å². The Morgan fingerprint density at radius 3 is 2.33 bits per heavy atom. The predicted molar refractivity (Wildman–Crippen MR) is 126 cm³/mol. The summed E-state index contributed by atoms with van der Waals surface area (Å²) >= 11 is 0. The van der Waals surface area contributed by atoms with Crippen LogP contribution >= 0.6 is 0 Å². The molecule has 0 aliphatic rings. The number of fused-ring (bicyclic) bond motifs is 1. The molecule has 1 N–H and O–H groups in total. The third-order valence-electron chi connectivity index (χ3n) is 5.50. The van der Waals surface area contributed by atoms with Gasteiger partial charge in [-0.05, 0) is 72.2 Å². The number of aromatic carboxylic acids is 1. The van der Waals surface area contributed by atoms with Crippen LogP contribution in [0.15, 0.2) is 78.4 Å². The molecule has 6 nitrogen and oxygen atoms in total. The Labute approximate surface area is 191 Å². The highest BCUT2D eigenvalue weighted by Gasteiger charge is 2.14. The van der Waals surface area contributed by atoms with Gasteiger partial charge in [-0.1, -0.05) is 42.5 Å². The number of amides is 1. The quantitative estimate of drug-likeness (QED) is 0.377. The third-order valence-corrected chi connectivity index (χ3v) is 5.50. The summed E-state index contributed by atoms with van der Waals surface area (Å²) in [5, 5.41) is 25.5. The molecule has 3 aromatic carbocycles. The maximum Gasteiger partial charge on any atom is 0.266 e. The van der Waals surface area contributed by atoms with Gasteiger partial charge >= 0.3 is 0 Å². The standard InChI is InChI=1S/C27H21N3O3/c1-17-13-22(18(2)30(17)25-11-8-20(9-12-25)27(32)33)14-23(16-28)26(31)29-24-10-7-19-5-3-4-6-21(19)15-24/h3-15H,1-2H3,(H,29,31)(H,32,33)/p-1/b23-14-. The summed E-state index contributed by atoms with van der Waals surface area (Å²) in [6.45, 7) is 3.78. The monoisotopic (exact) mass is 434 g/mol. The van der Waals surface area contributed by atoms with Crippen LogP contribution < -0.4 is 10.4 Å². The van der Waals surface area contributed by atoms with Crippen molar-refractivity contribution in [2.45, 2.75) is 13.8 Å². The Hall–Kier alpha value is -4.63. The molecular formula is C27H20N3O3-. The molecule has 1 aromatic heterocycles. The van der Waals surface area contributed by atoms with Gasteiger partial charge in [0.1, 0.15) is 11.6 Å². The van der Waals surface area contributed by atoms with E-state index in [9.17, 15) is 20.0 Å². The Bertz CT molecular complexity index is 1450. The lowest BCUT2D eigenvalue weighted by molar-refractivity contribution is -0.255. The molecule has 0 atom stereocenters. The number of hydrogen-bond acceptors (Lipinski definition) is 4. The summed E-state index contributed by atoms with van der Waals surface area (Å²) in [5.41, 5.74) is 3.88. The molecule has 0 spiro atoms. The molecule has 0 radical (unpaired) electrons. The second-order valence-electron chi connectivity index (χ2n) is 7.68. The maximum atomic E-state index is 12.8. The first-order valence-corrected chi connectivity index (χ1v) is 10.3. The van der Waals surface area contributed by atoms with Crippen molar-refractivity contribution in [3.05, 3.63) is 101 Å². The lowest BCUT2D eigenvalue weighted by Gasteiger charge is -2.11. The van der Waals surface area contributed by atoms with Crippen LogP contribution in [0.4, 0.5) is 5.69 Å². The smallest absolute Gasteiger partial charge is 0.266 e. The van der Waals surface area contributed by atoms with E-state index in [2.05, 4.69) is 5.32 Å². The minimum atomic E-state index is -1.23. The number of benzene rings is 3. The number of aryl methyl sites for hydroxylation is 1. The number of rotatable bonds is 5. The molecular weight excluding hydrogens is 414 g/mol. The number of nitriles is 1. The first-order chi connectivity index (χ1) is 15.9. The zero-order valence-corrected chi connectivity index (χ0v) is 18.1. The lowest BCUT2D eigenvalue weighted by Crippen LogP contribution is -2.22.